The van der Waals surface area contributed by atoms with Gasteiger partial charge in [0, 0.05) is 10.6 Å². The first-order valence-electron chi connectivity index (χ1n) is 9.69. The Balaban J connectivity index is 2.02. The Morgan fingerprint density at radius 2 is 1.94 bits per heavy atom. The van der Waals surface area contributed by atoms with Crippen molar-refractivity contribution >= 4 is 46.1 Å². The number of aryl methyl sites for hydroxylation is 2. The molecule has 4 rings (SSSR count). The second kappa shape index (κ2) is 8.41. The van der Waals surface area contributed by atoms with Gasteiger partial charge in [-0.1, -0.05) is 17.7 Å². The van der Waals surface area contributed by atoms with Crippen molar-refractivity contribution in [1.82, 2.24) is 0 Å². The summed E-state index contributed by atoms with van der Waals surface area (Å²) in [6, 6.07) is 9.68. The molecular weight excluding hydrogens is 453 g/mol. The Morgan fingerprint density at radius 3 is 2.56 bits per heavy atom. The number of rotatable bonds is 4. The number of aliphatic hydroxyl groups excluding tert-OH is 1. The molecule has 5 nitrogen and oxygen atoms in total. The number of hydrogen-bond donors (Lipinski definition) is 1. The molecule has 8 heteroatoms. The maximum absolute atomic E-state index is 14.0. The van der Waals surface area contributed by atoms with E-state index in [0.29, 0.717) is 4.88 Å². The van der Waals surface area contributed by atoms with Crippen LogP contribution in [0.1, 0.15) is 27.6 Å². The monoisotopic (exact) mass is 471 g/mol. The fourth-order valence-electron chi connectivity index (χ4n) is 3.89. The lowest BCUT2D eigenvalue weighted by Gasteiger charge is -2.25. The Morgan fingerprint density at radius 1 is 1.19 bits per heavy atom. The molecular formula is C24H19ClFNO4S. The number of Topliss-reactive ketones (excluding diaryl/α,β-unsaturated/α-hetero) is 1. The molecule has 0 aliphatic carbocycles. The predicted octanol–water partition coefficient (Wildman–Crippen LogP) is 5.79. The molecule has 0 bridgehead atoms. The van der Waals surface area contributed by atoms with E-state index in [1.807, 2.05) is 18.4 Å². The molecule has 2 aromatic carbocycles. The summed E-state index contributed by atoms with van der Waals surface area (Å²) in [5.41, 5.74) is 1.89. The molecule has 1 fully saturated rings. The van der Waals surface area contributed by atoms with Gasteiger partial charge in [-0.25, -0.2) is 4.39 Å². The number of amides is 1. The van der Waals surface area contributed by atoms with Crippen molar-refractivity contribution in [2.45, 2.75) is 19.9 Å². The van der Waals surface area contributed by atoms with E-state index in [1.165, 1.54) is 41.5 Å². The van der Waals surface area contributed by atoms with Crippen molar-refractivity contribution in [3.05, 3.63) is 85.8 Å². The van der Waals surface area contributed by atoms with Gasteiger partial charge in [-0.2, -0.15) is 0 Å². The Labute approximate surface area is 193 Å². The molecule has 1 unspecified atom stereocenters. The van der Waals surface area contributed by atoms with Crippen molar-refractivity contribution in [3.8, 4) is 5.75 Å². The standard InChI is InChI=1S/C24H19ClFNO4S/c1-12-9-16(22(31-3)17(25)10-12)20(28)18-19(23-13(2)7-8-32-23)27(24(30)21(18)29)15-6-4-5-14(26)11-15/h4-11,19,28H,1-3H3/b20-18+. The van der Waals surface area contributed by atoms with E-state index < -0.39 is 29.3 Å². The highest BCUT2D eigenvalue weighted by Gasteiger charge is 2.48. The largest absolute Gasteiger partial charge is 0.507 e. The number of halogens is 2. The van der Waals surface area contributed by atoms with Crippen molar-refractivity contribution in [3.63, 3.8) is 0 Å². The fourth-order valence-corrected chi connectivity index (χ4v) is 5.27. The third kappa shape index (κ3) is 3.57. The van der Waals surface area contributed by atoms with Crippen LogP contribution in [-0.4, -0.2) is 23.9 Å². The van der Waals surface area contributed by atoms with Gasteiger partial charge in [0.2, 0.25) is 0 Å². The number of benzene rings is 2. The van der Waals surface area contributed by atoms with Crippen LogP contribution in [0.15, 0.2) is 53.4 Å². The number of nitrogens with zero attached hydrogens (tertiary/aromatic N) is 1. The lowest BCUT2D eigenvalue weighted by molar-refractivity contribution is -0.132. The molecule has 1 atom stereocenters. The maximum Gasteiger partial charge on any atom is 0.300 e. The van der Waals surface area contributed by atoms with Crippen LogP contribution in [-0.2, 0) is 9.59 Å². The summed E-state index contributed by atoms with van der Waals surface area (Å²) in [4.78, 5) is 28.2. The highest BCUT2D eigenvalue weighted by molar-refractivity contribution is 7.10. The van der Waals surface area contributed by atoms with Crippen LogP contribution in [0.5, 0.6) is 5.75 Å². The Hall–Kier alpha value is -3.16. The first-order chi connectivity index (χ1) is 15.2. The highest BCUT2D eigenvalue weighted by atomic mass is 35.5. The van der Waals surface area contributed by atoms with E-state index in [-0.39, 0.29) is 27.6 Å². The zero-order valence-corrected chi connectivity index (χ0v) is 19.1. The van der Waals surface area contributed by atoms with Crippen LogP contribution in [0.25, 0.3) is 5.76 Å². The number of methoxy groups -OCH3 is 1. The first kappa shape index (κ1) is 22.0. The van der Waals surface area contributed by atoms with Crippen molar-refractivity contribution in [1.29, 1.82) is 0 Å². The lowest BCUT2D eigenvalue weighted by atomic mass is 9.97. The molecule has 2 heterocycles. The predicted molar refractivity (Wildman–Crippen MR) is 123 cm³/mol. The van der Waals surface area contributed by atoms with E-state index in [2.05, 4.69) is 0 Å². The molecule has 0 spiro atoms. The SMILES string of the molecule is COc1c(Cl)cc(C)cc1/C(O)=C1\C(=O)C(=O)N(c2cccc(F)c2)C1c1sccc1C. The van der Waals surface area contributed by atoms with Crippen LogP contribution < -0.4 is 9.64 Å². The number of carbonyl (C=O) groups excluding carboxylic acids is 2. The smallest absolute Gasteiger partial charge is 0.300 e. The molecule has 1 aliphatic heterocycles. The normalized spacial score (nSPS) is 17.8. The minimum Gasteiger partial charge on any atom is -0.507 e. The van der Waals surface area contributed by atoms with Crippen LogP contribution in [0.4, 0.5) is 10.1 Å². The van der Waals surface area contributed by atoms with Gasteiger partial charge in [-0.3, -0.25) is 14.5 Å². The topological polar surface area (TPSA) is 66.8 Å². The van der Waals surface area contributed by atoms with Crippen LogP contribution in [0.3, 0.4) is 0 Å². The molecule has 1 saturated heterocycles. The molecule has 0 radical (unpaired) electrons. The second-order valence-electron chi connectivity index (χ2n) is 7.44. The van der Waals surface area contributed by atoms with Crippen molar-refractivity contribution < 1.29 is 23.8 Å². The maximum atomic E-state index is 14.0. The first-order valence-corrected chi connectivity index (χ1v) is 11.0. The molecule has 1 amide bonds. The highest BCUT2D eigenvalue weighted by Crippen LogP contribution is 2.46. The average Bonchev–Trinajstić information content (AvgIpc) is 3.27. The summed E-state index contributed by atoms with van der Waals surface area (Å²) in [5, 5.41) is 13.4. The number of carbonyl (C=O) groups is 2. The minimum absolute atomic E-state index is 0.107. The van der Waals surface area contributed by atoms with Gasteiger partial charge in [0.1, 0.15) is 23.4 Å². The van der Waals surface area contributed by atoms with E-state index in [4.69, 9.17) is 16.3 Å². The number of ketones is 1. The summed E-state index contributed by atoms with van der Waals surface area (Å²) < 4.78 is 19.4. The summed E-state index contributed by atoms with van der Waals surface area (Å²) in [5.74, 6) is -2.48. The zero-order valence-electron chi connectivity index (χ0n) is 17.5. The van der Waals surface area contributed by atoms with E-state index in [1.54, 1.807) is 25.1 Å². The molecule has 1 aromatic heterocycles. The lowest BCUT2D eigenvalue weighted by Crippen LogP contribution is -2.29. The summed E-state index contributed by atoms with van der Waals surface area (Å²) in [7, 11) is 1.40. The summed E-state index contributed by atoms with van der Waals surface area (Å²) in [6.45, 7) is 3.63. The van der Waals surface area contributed by atoms with Gasteiger partial charge in [0.25, 0.3) is 11.7 Å². The van der Waals surface area contributed by atoms with Gasteiger partial charge in [0.05, 0.1) is 23.3 Å². The van der Waals surface area contributed by atoms with Gasteiger partial charge in [-0.15, -0.1) is 11.3 Å². The minimum atomic E-state index is -0.930. The quantitative estimate of drug-likeness (QED) is 0.297. The fraction of sp³-hybridized carbons (Fsp3) is 0.167. The zero-order chi connectivity index (χ0) is 23.2. The van der Waals surface area contributed by atoms with Gasteiger partial charge in [0.15, 0.2) is 0 Å². The number of ether oxygens (including phenoxy) is 1. The number of aliphatic hydroxyl groups is 1. The number of hydrogen-bond acceptors (Lipinski definition) is 5. The van der Waals surface area contributed by atoms with Crippen LogP contribution >= 0.6 is 22.9 Å². The third-order valence-corrected chi connectivity index (χ3v) is 6.68. The van der Waals surface area contributed by atoms with Crippen LogP contribution in [0.2, 0.25) is 5.02 Å². The number of thiophene rings is 1. The Bertz CT molecular complexity index is 1280. The molecule has 1 N–H and O–H groups in total. The summed E-state index contributed by atoms with van der Waals surface area (Å²) in [6.07, 6.45) is 0. The van der Waals surface area contributed by atoms with E-state index >= 15 is 0 Å². The molecule has 1 aliphatic rings. The average molecular weight is 472 g/mol. The van der Waals surface area contributed by atoms with Crippen molar-refractivity contribution in [2.75, 3.05) is 12.0 Å². The molecule has 32 heavy (non-hydrogen) atoms. The van der Waals surface area contributed by atoms with Crippen LogP contribution in [0, 0.1) is 19.7 Å². The summed E-state index contributed by atoms with van der Waals surface area (Å²) >= 11 is 7.64. The molecule has 3 aromatic rings. The van der Waals surface area contributed by atoms with E-state index in [0.717, 1.165) is 11.1 Å². The van der Waals surface area contributed by atoms with E-state index in [9.17, 15) is 19.1 Å². The Kier molecular flexibility index (Phi) is 5.79. The van der Waals surface area contributed by atoms with Crippen molar-refractivity contribution in [2.24, 2.45) is 0 Å². The van der Waals surface area contributed by atoms with Gasteiger partial charge >= 0.3 is 0 Å². The van der Waals surface area contributed by atoms with Gasteiger partial charge in [-0.05, 0) is 66.8 Å². The molecule has 164 valence electrons. The number of anilines is 1. The second-order valence-corrected chi connectivity index (χ2v) is 8.80. The van der Waals surface area contributed by atoms with Gasteiger partial charge < -0.3 is 9.84 Å². The third-order valence-electron chi connectivity index (χ3n) is 5.33. The molecule has 0 saturated carbocycles.